The van der Waals surface area contributed by atoms with E-state index in [1.54, 1.807) is 0 Å². The van der Waals surface area contributed by atoms with Crippen molar-refractivity contribution in [1.82, 2.24) is 9.97 Å². The van der Waals surface area contributed by atoms with E-state index in [4.69, 9.17) is 4.99 Å². The summed E-state index contributed by atoms with van der Waals surface area (Å²) < 4.78 is 0. The van der Waals surface area contributed by atoms with Crippen LogP contribution in [0.4, 0.5) is 0 Å². The Kier molecular flexibility index (Phi) is 2.67. The summed E-state index contributed by atoms with van der Waals surface area (Å²) in [7, 11) is 0. The molecule has 2 heterocycles. The van der Waals surface area contributed by atoms with Crippen LogP contribution in [0.3, 0.4) is 0 Å². The molecule has 4 fully saturated rings. The van der Waals surface area contributed by atoms with Gasteiger partial charge in [0.2, 0.25) is 0 Å². The molecule has 0 atom stereocenters. The molecule has 2 aromatic rings. The van der Waals surface area contributed by atoms with Crippen molar-refractivity contribution in [3.63, 3.8) is 0 Å². The van der Waals surface area contributed by atoms with Gasteiger partial charge in [0.1, 0.15) is 0 Å². The van der Waals surface area contributed by atoms with E-state index in [0.29, 0.717) is 0 Å². The van der Waals surface area contributed by atoms with Crippen LogP contribution in [0.5, 0.6) is 0 Å². The summed E-state index contributed by atoms with van der Waals surface area (Å²) >= 11 is 0. The van der Waals surface area contributed by atoms with Gasteiger partial charge in [0.15, 0.2) is 0 Å². The van der Waals surface area contributed by atoms with E-state index in [9.17, 15) is 0 Å². The van der Waals surface area contributed by atoms with E-state index < -0.39 is 0 Å². The largest absolute Gasteiger partial charge is 0.361 e. The molecule has 0 aliphatic heterocycles. The quantitative estimate of drug-likeness (QED) is 0.788. The second-order valence-electron chi connectivity index (χ2n) is 7.83. The number of nitrogens with one attached hydrogen (secondary N) is 2. The summed E-state index contributed by atoms with van der Waals surface area (Å²) in [5, 5.41) is 0. The first kappa shape index (κ1) is 12.7. The van der Waals surface area contributed by atoms with Crippen LogP contribution < -0.4 is 0 Å². The molecule has 4 aliphatic rings. The monoisotopic (exact) mass is 293 g/mol. The number of aromatic nitrogens is 2. The lowest BCUT2D eigenvalue weighted by molar-refractivity contribution is 0.00194. The average Bonchev–Trinajstić information content (AvgIpc) is 3.15. The van der Waals surface area contributed by atoms with E-state index in [-0.39, 0.29) is 5.54 Å². The third kappa shape index (κ3) is 2.06. The Labute approximate surface area is 131 Å². The Morgan fingerprint density at radius 3 is 2.41 bits per heavy atom. The SMILES string of the molecule is C(=NC12CC3CC(CC(C3)C1)C2)c1cc(-c2ccc[nH]2)c[nH]1. The first-order valence-corrected chi connectivity index (χ1v) is 8.65. The van der Waals surface area contributed by atoms with Crippen molar-refractivity contribution in [1.29, 1.82) is 0 Å². The van der Waals surface area contributed by atoms with E-state index in [2.05, 4.69) is 34.5 Å². The van der Waals surface area contributed by atoms with Gasteiger partial charge in [0.25, 0.3) is 0 Å². The molecule has 4 saturated carbocycles. The smallest absolute Gasteiger partial charge is 0.0617 e. The predicted octanol–water partition coefficient (Wildman–Crippen LogP) is 4.40. The third-order valence-electron chi connectivity index (χ3n) is 6.10. The van der Waals surface area contributed by atoms with Crippen molar-refractivity contribution in [3.8, 4) is 11.3 Å². The van der Waals surface area contributed by atoms with E-state index >= 15 is 0 Å². The third-order valence-corrected chi connectivity index (χ3v) is 6.10. The predicted molar refractivity (Wildman–Crippen MR) is 89.1 cm³/mol. The van der Waals surface area contributed by atoms with Gasteiger partial charge in [-0.2, -0.15) is 0 Å². The molecule has 4 aliphatic carbocycles. The van der Waals surface area contributed by atoms with Gasteiger partial charge in [-0.3, -0.25) is 4.99 Å². The Bertz CT molecular complexity index is 657. The van der Waals surface area contributed by atoms with Crippen LogP contribution in [0.25, 0.3) is 11.3 Å². The summed E-state index contributed by atoms with van der Waals surface area (Å²) in [4.78, 5) is 11.7. The standard InChI is InChI=1S/C19H23N3/c1-2-18(20-3-1)16-7-17(21-11-16)12-22-19-8-13-4-14(9-19)6-15(5-13)10-19/h1-3,7,11-15,20-21H,4-6,8-10H2. The highest BCUT2D eigenvalue weighted by Gasteiger charge is 2.50. The average molecular weight is 293 g/mol. The molecule has 2 N–H and O–H groups in total. The molecule has 4 bridgehead atoms. The topological polar surface area (TPSA) is 43.9 Å². The molecule has 0 aromatic carbocycles. The highest BCUT2D eigenvalue weighted by atomic mass is 14.9. The maximum absolute atomic E-state index is 5.11. The molecule has 22 heavy (non-hydrogen) atoms. The van der Waals surface area contributed by atoms with E-state index in [0.717, 1.165) is 29.1 Å². The lowest BCUT2D eigenvalue weighted by atomic mass is 9.53. The fourth-order valence-corrected chi connectivity index (χ4v) is 5.58. The summed E-state index contributed by atoms with van der Waals surface area (Å²) in [6, 6.07) is 6.32. The van der Waals surface area contributed by atoms with Gasteiger partial charge in [-0.1, -0.05) is 0 Å². The summed E-state index contributed by atoms with van der Waals surface area (Å²) in [6.45, 7) is 0. The molecule has 0 saturated heterocycles. The van der Waals surface area contributed by atoms with Crippen LogP contribution in [0.1, 0.15) is 44.2 Å². The molecular weight excluding hydrogens is 270 g/mol. The first-order chi connectivity index (χ1) is 10.8. The van der Waals surface area contributed by atoms with Gasteiger partial charge in [0.05, 0.1) is 11.2 Å². The number of H-pyrrole nitrogens is 2. The minimum absolute atomic E-state index is 0.270. The molecule has 114 valence electrons. The van der Waals surface area contributed by atoms with Crippen LogP contribution in [0.15, 0.2) is 35.6 Å². The number of hydrogen-bond donors (Lipinski definition) is 2. The zero-order chi connectivity index (χ0) is 14.6. The highest BCUT2D eigenvalue weighted by Crippen LogP contribution is 2.57. The van der Waals surface area contributed by atoms with Gasteiger partial charge in [0, 0.05) is 29.9 Å². The van der Waals surface area contributed by atoms with Crippen molar-refractivity contribution in [2.75, 3.05) is 0 Å². The van der Waals surface area contributed by atoms with Crippen molar-refractivity contribution >= 4 is 6.21 Å². The molecule has 0 amide bonds. The van der Waals surface area contributed by atoms with Gasteiger partial charge in [-0.05, 0) is 74.5 Å². The van der Waals surface area contributed by atoms with Gasteiger partial charge in [-0.25, -0.2) is 0 Å². The van der Waals surface area contributed by atoms with Crippen LogP contribution in [-0.4, -0.2) is 21.7 Å². The van der Waals surface area contributed by atoms with Crippen molar-refractivity contribution < 1.29 is 0 Å². The van der Waals surface area contributed by atoms with Gasteiger partial charge >= 0.3 is 0 Å². The molecule has 2 aromatic heterocycles. The molecule has 0 unspecified atom stereocenters. The minimum Gasteiger partial charge on any atom is -0.361 e. The molecule has 3 heteroatoms. The summed E-state index contributed by atoms with van der Waals surface area (Å²) in [5.74, 6) is 2.88. The fourth-order valence-electron chi connectivity index (χ4n) is 5.58. The van der Waals surface area contributed by atoms with Crippen LogP contribution in [-0.2, 0) is 0 Å². The van der Waals surface area contributed by atoms with Crippen LogP contribution in [0.2, 0.25) is 0 Å². The number of aromatic amines is 2. The zero-order valence-electron chi connectivity index (χ0n) is 12.9. The fraction of sp³-hybridized carbons (Fsp3) is 0.526. The lowest BCUT2D eigenvalue weighted by Gasteiger charge is -2.54. The Morgan fingerprint density at radius 2 is 1.77 bits per heavy atom. The minimum atomic E-state index is 0.270. The maximum Gasteiger partial charge on any atom is 0.0617 e. The second kappa shape index (κ2) is 4.61. The van der Waals surface area contributed by atoms with E-state index in [1.807, 2.05) is 12.3 Å². The van der Waals surface area contributed by atoms with Crippen molar-refractivity contribution in [2.45, 2.75) is 44.1 Å². The normalized spacial score (nSPS) is 36.5. The highest BCUT2D eigenvalue weighted by molar-refractivity contribution is 5.80. The lowest BCUT2D eigenvalue weighted by Crippen LogP contribution is -2.49. The molecular formula is C19H23N3. The Balaban J connectivity index is 1.38. The van der Waals surface area contributed by atoms with Crippen molar-refractivity contribution in [2.24, 2.45) is 22.7 Å². The van der Waals surface area contributed by atoms with Crippen LogP contribution in [0, 0.1) is 17.8 Å². The second-order valence-corrected chi connectivity index (χ2v) is 7.83. The zero-order valence-corrected chi connectivity index (χ0v) is 12.9. The molecule has 0 radical (unpaired) electrons. The number of rotatable bonds is 3. The Hall–Kier alpha value is -1.77. The molecule has 6 rings (SSSR count). The summed E-state index contributed by atoms with van der Waals surface area (Å²) in [5.41, 5.74) is 3.76. The van der Waals surface area contributed by atoms with Gasteiger partial charge in [-0.15, -0.1) is 0 Å². The molecule has 3 nitrogen and oxygen atoms in total. The number of aliphatic imine (C=N–C) groups is 1. The Morgan fingerprint density at radius 1 is 1.05 bits per heavy atom. The maximum atomic E-state index is 5.11. The van der Waals surface area contributed by atoms with Crippen molar-refractivity contribution in [3.05, 3.63) is 36.3 Å². The molecule has 0 spiro atoms. The number of hydrogen-bond acceptors (Lipinski definition) is 1. The van der Waals surface area contributed by atoms with Crippen LogP contribution >= 0.6 is 0 Å². The first-order valence-electron chi connectivity index (χ1n) is 8.65. The number of nitrogens with zero attached hydrogens (tertiary/aromatic N) is 1. The van der Waals surface area contributed by atoms with Gasteiger partial charge < -0.3 is 9.97 Å². The summed E-state index contributed by atoms with van der Waals surface area (Å²) in [6.07, 6.45) is 14.6. The van der Waals surface area contributed by atoms with E-state index in [1.165, 1.54) is 44.1 Å².